The van der Waals surface area contributed by atoms with E-state index in [1.807, 2.05) is 0 Å². The molecule has 0 spiro atoms. The normalized spacial score (nSPS) is 16.3. The molecule has 11 heteroatoms. The van der Waals surface area contributed by atoms with E-state index in [0.29, 0.717) is 40.0 Å². The Hall–Kier alpha value is -3.24. The first-order valence-electron chi connectivity index (χ1n) is 10.2. The van der Waals surface area contributed by atoms with E-state index in [4.69, 9.17) is 0 Å². The lowest BCUT2D eigenvalue weighted by Crippen LogP contribution is -2.35. The Kier molecular flexibility index (Phi) is 5.30. The lowest BCUT2D eigenvalue weighted by atomic mass is 9.85. The van der Waals surface area contributed by atoms with Crippen LogP contribution < -0.4 is 10.9 Å². The minimum atomic E-state index is -4.60. The number of hydrogen-bond donors (Lipinski definition) is 2. The maximum atomic E-state index is 13.5. The van der Waals surface area contributed by atoms with E-state index in [2.05, 4.69) is 25.4 Å². The average Bonchev–Trinajstić information content (AvgIpc) is 2.99. The average molecular weight is 448 g/mol. The van der Waals surface area contributed by atoms with Gasteiger partial charge in [-0.2, -0.15) is 13.2 Å². The molecule has 0 aliphatic heterocycles. The molecule has 0 saturated heterocycles. The van der Waals surface area contributed by atoms with E-state index in [0.717, 1.165) is 0 Å². The van der Waals surface area contributed by atoms with Gasteiger partial charge >= 0.3 is 6.18 Å². The highest BCUT2D eigenvalue weighted by molar-refractivity contribution is 5.81. The van der Waals surface area contributed by atoms with Crippen molar-refractivity contribution < 1.29 is 18.0 Å². The summed E-state index contributed by atoms with van der Waals surface area (Å²) in [5.41, 5.74) is 1.77. The van der Waals surface area contributed by atoms with E-state index in [-0.39, 0.29) is 42.2 Å². The second-order valence-electron chi connectivity index (χ2n) is 8.20. The van der Waals surface area contributed by atoms with Crippen LogP contribution in [0.4, 0.5) is 13.2 Å². The number of aryl methyl sites for hydroxylation is 5. The van der Waals surface area contributed by atoms with Gasteiger partial charge < -0.3 is 5.32 Å². The van der Waals surface area contributed by atoms with E-state index < -0.39 is 17.8 Å². The van der Waals surface area contributed by atoms with Gasteiger partial charge in [0.15, 0.2) is 11.3 Å². The number of carbonyl (C=O) groups excluding carboxylic acids is 1. The molecule has 1 amide bonds. The highest BCUT2D eigenvalue weighted by Gasteiger charge is 2.39. The van der Waals surface area contributed by atoms with Crippen LogP contribution in [-0.2, 0) is 37.4 Å². The Morgan fingerprint density at radius 2 is 1.94 bits per heavy atom. The Morgan fingerprint density at radius 3 is 2.62 bits per heavy atom. The fourth-order valence-corrected chi connectivity index (χ4v) is 4.42. The summed E-state index contributed by atoms with van der Waals surface area (Å²) in [6.07, 6.45) is -3.98. The fraction of sp³-hybridized carbons (Fsp3) is 0.476. The molecular formula is C21H23F3N6O2. The number of fused-ring (bicyclic) bond motifs is 2. The molecule has 32 heavy (non-hydrogen) atoms. The van der Waals surface area contributed by atoms with Crippen molar-refractivity contribution in [3.8, 4) is 0 Å². The second kappa shape index (κ2) is 7.72. The molecule has 1 atom stereocenters. The zero-order valence-corrected chi connectivity index (χ0v) is 18.1. The number of pyridine rings is 1. The molecule has 170 valence electrons. The molecular weight excluding hydrogens is 425 g/mol. The van der Waals surface area contributed by atoms with Gasteiger partial charge in [0.2, 0.25) is 5.91 Å². The van der Waals surface area contributed by atoms with Crippen LogP contribution in [0, 0.1) is 26.7 Å². The van der Waals surface area contributed by atoms with E-state index in [1.54, 1.807) is 25.6 Å². The molecule has 0 radical (unpaired) electrons. The second-order valence-corrected chi connectivity index (χ2v) is 8.20. The number of alkyl halides is 3. The van der Waals surface area contributed by atoms with Crippen molar-refractivity contribution in [2.24, 2.45) is 13.0 Å². The maximum Gasteiger partial charge on any atom is 0.433 e. The van der Waals surface area contributed by atoms with Gasteiger partial charge in [0.05, 0.1) is 5.39 Å². The van der Waals surface area contributed by atoms with Crippen LogP contribution in [0.2, 0.25) is 0 Å². The third-order valence-electron chi connectivity index (χ3n) is 6.04. The lowest BCUT2D eigenvalue weighted by Gasteiger charge is -2.26. The fourth-order valence-electron chi connectivity index (χ4n) is 4.42. The van der Waals surface area contributed by atoms with Crippen molar-refractivity contribution in [1.82, 2.24) is 30.0 Å². The molecule has 0 aromatic carbocycles. The summed E-state index contributed by atoms with van der Waals surface area (Å²) >= 11 is 0. The summed E-state index contributed by atoms with van der Waals surface area (Å²) in [5.74, 6) is -0.888. The molecule has 0 bridgehead atoms. The van der Waals surface area contributed by atoms with Gasteiger partial charge in [-0.05, 0) is 51.2 Å². The Bertz CT molecular complexity index is 1290. The first-order valence-corrected chi connectivity index (χ1v) is 10.2. The maximum absolute atomic E-state index is 13.5. The number of nitrogens with one attached hydrogen (secondary N) is 2. The number of amides is 1. The van der Waals surface area contributed by atoms with Crippen LogP contribution in [-0.4, -0.2) is 30.6 Å². The quantitative estimate of drug-likeness (QED) is 0.640. The van der Waals surface area contributed by atoms with Crippen molar-refractivity contribution in [2.75, 3.05) is 0 Å². The minimum Gasteiger partial charge on any atom is -0.352 e. The Labute approximate surface area is 181 Å². The van der Waals surface area contributed by atoms with Crippen LogP contribution in [0.1, 0.15) is 46.0 Å². The first kappa shape index (κ1) is 22.0. The molecule has 0 saturated carbocycles. The molecule has 3 aromatic rings. The van der Waals surface area contributed by atoms with Gasteiger partial charge in [0, 0.05) is 36.5 Å². The molecule has 0 unspecified atom stereocenters. The van der Waals surface area contributed by atoms with Crippen LogP contribution in [0.25, 0.3) is 11.0 Å². The lowest BCUT2D eigenvalue weighted by molar-refractivity contribution is -0.142. The summed E-state index contributed by atoms with van der Waals surface area (Å²) in [7, 11) is 1.69. The number of nitrogens with zero attached hydrogens (tertiary/aromatic N) is 4. The van der Waals surface area contributed by atoms with Gasteiger partial charge in [-0.1, -0.05) is 0 Å². The predicted octanol–water partition coefficient (Wildman–Crippen LogP) is 2.42. The van der Waals surface area contributed by atoms with Crippen molar-refractivity contribution in [2.45, 2.75) is 52.8 Å². The van der Waals surface area contributed by atoms with Crippen LogP contribution >= 0.6 is 0 Å². The highest BCUT2D eigenvalue weighted by Crippen LogP contribution is 2.36. The van der Waals surface area contributed by atoms with Crippen LogP contribution in [0.5, 0.6) is 0 Å². The van der Waals surface area contributed by atoms with Crippen LogP contribution in [0.3, 0.4) is 0 Å². The molecule has 2 N–H and O–H groups in total. The number of halogens is 3. The highest BCUT2D eigenvalue weighted by atomic mass is 19.4. The van der Waals surface area contributed by atoms with Gasteiger partial charge in [-0.3, -0.25) is 19.4 Å². The predicted molar refractivity (Wildman–Crippen MR) is 110 cm³/mol. The third kappa shape index (κ3) is 3.76. The SMILES string of the molecule is Cc1nc2c(c(C(F)(F)F)n1)C[C@@H](C(=O)NCc1c(C)nc3c(c1C)c(=O)[nH]n3C)CC2. The molecule has 1 aliphatic rings. The van der Waals surface area contributed by atoms with Crippen molar-refractivity contribution >= 4 is 16.9 Å². The molecule has 4 rings (SSSR count). The number of rotatable bonds is 3. The monoisotopic (exact) mass is 448 g/mol. The largest absolute Gasteiger partial charge is 0.433 e. The van der Waals surface area contributed by atoms with E-state index in [1.165, 1.54) is 6.92 Å². The van der Waals surface area contributed by atoms with Gasteiger partial charge in [-0.15, -0.1) is 0 Å². The summed E-state index contributed by atoms with van der Waals surface area (Å²) in [4.78, 5) is 37.3. The van der Waals surface area contributed by atoms with E-state index >= 15 is 0 Å². The number of hydrogen-bond acceptors (Lipinski definition) is 5. The molecule has 3 aromatic heterocycles. The molecule has 3 heterocycles. The topological polar surface area (TPSA) is 106 Å². The Morgan fingerprint density at radius 1 is 1.22 bits per heavy atom. The number of carbonyl (C=O) groups is 1. The van der Waals surface area contributed by atoms with Gasteiger partial charge in [-0.25, -0.2) is 15.0 Å². The third-order valence-corrected chi connectivity index (χ3v) is 6.04. The Balaban J connectivity index is 1.56. The zero-order valence-electron chi connectivity index (χ0n) is 18.1. The molecule has 8 nitrogen and oxygen atoms in total. The zero-order chi connectivity index (χ0) is 23.4. The van der Waals surface area contributed by atoms with Crippen molar-refractivity contribution in [3.63, 3.8) is 0 Å². The summed E-state index contributed by atoms with van der Waals surface area (Å²) < 4.78 is 42.0. The number of H-pyrrole nitrogens is 1. The van der Waals surface area contributed by atoms with Gasteiger partial charge in [0.1, 0.15) is 5.82 Å². The van der Waals surface area contributed by atoms with Gasteiger partial charge in [0.25, 0.3) is 5.56 Å². The minimum absolute atomic E-state index is 0.000710. The standard InChI is InChI=1S/C21H23F3N6O2/c1-9-14(10(2)26-18-16(9)20(32)29-30(18)4)8-25-19(31)12-5-6-15-13(7-12)17(21(22,23)24)28-11(3)27-15/h12H,5-8H2,1-4H3,(H,25,31)(H,29,32)/t12-/m0/s1. The number of aromatic nitrogens is 5. The summed E-state index contributed by atoms with van der Waals surface area (Å²) in [6, 6.07) is 0. The summed E-state index contributed by atoms with van der Waals surface area (Å²) in [5, 5.41) is 5.94. The first-order chi connectivity index (χ1) is 15.0. The number of aromatic amines is 1. The van der Waals surface area contributed by atoms with E-state index in [9.17, 15) is 22.8 Å². The molecule has 1 aliphatic carbocycles. The molecule has 0 fully saturated rings. The smallest absolute Gasteiger partial charge is 0.352 e. The van der Waals surface area contributed by atoms with Crippen molar-refractivity contribution in [1.29, 1.82) is 0 Å². The van der Waals surface area contributed by atoms with Crippen molar-refractivity contribution in [3.05, 3.63) is 50.0 Å². The van der Waals surface area contributed by atoms with Crippen LogP contribution in [0.15, 0.2) is 4.79 Å². The summed E-state index contributed by atoms with van der Waals surface area (Å²) in [6.45, 7) is 5.15.